The molecule has 4 aromatic heterocycles. The fraction of sp³-hybridized carbons (Fsp3) is 0. The second kappa shape index (κ2) is 10.3. The van der Waals surface area contributed by atoms with Crippen LogP contribution in [-0.4, -0.2) is 9.13 Å². The fourth-order valence-corrected chi connectivity index (χ4v) is 8.60. The summed E-state index contributed by atoms with van der Waals surface area (Å²) in [5.41, 5.74) is 12.7. The zero-order chi connectivity index (χ0) is 33.9. The third-order valence-electron chi connectivity index (χ3n) is 10.9. The highest BCUT2D eigenvalue weighted by Crippen LogP contribution is 2.42. The quantitative estimate of drug-likeness (QED) is 0.188. The average Bonchev–Trinajstić information content (AvgIpc) is 3.94. The van der Waals surface area contributed by atoms with E-state index in [1.165, 1.54) is 43.7 Å². The minimum atomic E-state index is 0.855. The van der Waals surface area contributed by atoms with Crippen molar-refractivity contribution in [3.05, 3.63) is 170 Å². The SMILES string of the molecule is c1ccc(-n2c3ccccc3c3cc(-c4ccc5c(c4)c4ccccc4n5-c4cccc5c4oc4cc6c(cc45)oc4ccccc46)ccc32)cc1. The van der Waals surface area contributed by atoms with Gasteiger partial charge in [0, 0.05) is 48.8 Å². The monoisotopic (exact) mass is 664 g/mol. The molecule has 0 N–H and O–H groups in total. The highest BCUT2D eigenvalue weighted by molar-refractivity contribution is 6.17. The summed E-state index contributed by atoms with van der Waals surface area (Å²) in [6, 6.07) is 60.7. The molecule has 242 valence electrons. The summed E-state index contributed by atoms with van der Waals surface area (Å²) in [5.74, 6) is 0. The summed E-state index contributed by atoms with van der Waals surface area (Å²) < 4.78 is 17.8. The standard InChI is InChI=1S/C48H28N2O2/c1-2-11-31(12-3-1)49-40-17-7-4-13-32(40)36-25-29(21-23-42(36)49)30-22-24-43-37(26-30)33-14-5-8-18-41(33)50(43)44-19-10-16-35-39-28-46-38(27-47(39)52-48(35)44)34-15-6-9-20-45(34)51-46/h1-28H. The van der Waals surface area contributed by atoms with E-state index < -0.39 is 0 Å². The number of aromatic nitrogens is 2. The second-order valence-corrected chi connectivity index (χ2v) is 13.7. The number of hydrogen-bond acceptors (Lipinski definition) is 2. The van der Waals surface area contributed by atoms with Crippen LogP contribution in [0.5, 0.6) is 0 Å². The Morgan fingerprint density at radius 3 is 1.58 bits per heavy atom. The molecule has 0 saturated carbocycles. The summed E-state index contributed by atoms with van der Waals surface area (Å²) in [6.07, 6.45) is 0. The number of benzene rings is 8. The van der Waals surface area contributed by atoms with Crippen molar-refractivity contribution in [2.24, 2.45) is 0 Å². The summed E-state index contributed by atoms with van der Waals surface area (Å²) in [6.45, 7) is 0. The molecule has 0 spiro atoms. The van der Waals surface area contributed by atoms with Gasteiger partial charge in [-0.1, -0.05) is 97.1 Å². The number of hydrogen-bond donors (Lipinski definition) is 0. The molecule has 0 amide bonds. The van der Waals surface area contributed by atoms with Crippen molar-refractivity contribution in [2.75, 3.05) is 0 Å². The van der Waals surface area contributed by atoms with E-state index in [9.17, 15) is 0 Å². The summed E-state index contributed by atoms with van der Waals surface area (Å²) >= 11 is 0. The molecule has 0 aliphatic heterocycles. The van der Waals surface area contributed by atoms with Crippen molar-refractivity contribution >= 4 is 87.5 Å². The van der Waals surface area contributed by atoms with Gasteiger partial charge in [0.05, 0.1) is 27.8 Å². The van der Waals surface area contributed by atoms with E-state index in [-0.39, 0.29) is 0 Å². The topological polar surface area (TPSA) is 36.1 Å². The Bertz CT molecular complexity index is 3410. The predicted molar refractivity (Wildman–Crippen MR) is 215 cm³/mol. The van der Waals surface area contributed by atoms with Crippen LogP contribution in [0.4, 0.5) is 0 Å². The maximum atomic E-state index is 6.77. The minimum Gasteiger partial charge on any atom is -0.456 e. The Morgan fingerprint density at radius 1 is 0.308 bits per heavy atom. The van der Waals surface area contributed by atoms with Crippen molar-refractivity contribution in [1.82, 2.24) is 9.13 Å². The largest absolute Gasteiger partial charge is 0.456 e. The zero-order valence-corrected chi connectivity index (χ0v) is 27.9. The maximum Gasteiger partial charge on any atom is 0.159 e. The van der Waals surface area contributed by atoms with E-state index >= 15 is 0 Å². The summed E-state index contributed by atoms with van der Waals surface area (Å²) in [4.78, 5) is 0. The molecule has 0 aliphatic rings. The Labute approximate surface area is 296 Å². The summed E-state index contributed by atoms with van der Waals surface area (Å²) in [7, 11) is 0. The van der Waals surface area contributed by atoms with Crippen LogP contribution in [-0.2, 0) is 0 Å². The van der Waals surface area contributed by atoms with E-state index in [4.69, 9.17) is 8.83 Å². The van der Waals surface area contributed by atoms with Gasteiger partial charge >= 0.3 is 0 Å². The smallest absolute Gasteiger partial charge is 0.159 e. The lowest BCUT2D eigenvalue weighted by Gasteiger charge is -2.10. The molecule has 0 fully saturated rings. The van der Waals surface area contributed by atoms with Crippen LogP contribution >= 0.6 is 0 Å². The fourth-order valence-electron chi connectivity index (χ4n) is 8.60. The number of para-hydroxylation sites is 5. The Kier molecular flexibility index (Phi) is 5.47. The molecule has 52 heavy (non-hydrogen) atoms. The van der Waals surface area contributed by atoms with Gasteiger partial charge in [0.2, 0.25) is 0 Å². The molecule has 0 aliphatic carbocycles. The lowest BCUT2D eigenvalue weighted by Crippen LogP contribution is -1.94. The van der Waals surface area contributed by atoms with Crippen LogP contribution in [0, 0.1) is 0 Å². The third-order valence-corrected chi connectivity index (χ3v) is 10.9. The van der Waals surface area contributed by atoms with Gasteiger partial charge < -0.3 is 18.0 Å². The van der Waals surface area contributed by atoms with E-state index in [1.54, 1.807) is 0 Å². The molecule has 0 bridgehead atoms. The Morgan fingerprint density at radius 2 is 0.846 bits per heavy atom. The molecule has 12 rings (SSSR count). The molecular formula is C48H28N2O2. The van der Waals surface area contributed by atoms with Crippen molar-refractivity contribution in [3.8, 4) is 22.5 Å². The van der Waals surface area contributed by atoms with Crippen LogP contribution in [0.1, 0.15) is 0 Å². The molecule has 0 saturated heterocycles. The number of nitrogens with zero attached hydrogens (tertiary/aromatic N) is 2. The van der Waals surface area contributed by atoms with Crippen molar-refractivity contribution in [1.29, 1.82) is 0 Å². The van der Waals surface area contributed by atoms with Crippen molar-refractivity contribution in [2.45, 2.75) is 0 Å². The van der Waals surface area contributed by atoms with Crippen LogP contribution in [0.3, 0.4) is 0 Å². The van der Waals surface area contributed by atoms with Gasteiger partial charge in [-0.25, -0.2) is 0 Å². The molecule has 4 nitrogen and oxygen atoms in total. The van der Waals surface area contributed by atoms with Crippen LogP contribution < -0.4 is 0 Å². The second-order valence-electron chi connectivity index (χ2n) is 13.7. The van der Waals surface area contributed by atoms with Crippen LogP contribution in [0.15, 0.2) is 179 Å². The number of fused-ring (bicyclic) bond motifs is 12. The minimum absolute atomic E-state index is 0.855. The van der Waals surface area contributed by atoms with Gasteiger partial charge in [0.15, 0.2) is 5.58 Å². The van der Waals surface area contributed by atoms with Crippen molar-refractivity contribution in [3.63, 3.8) is 0 Å². The van der Waals surface area contributed by atoms with Gasteiger partial charge in [-0.2, -0.15) is 0 Å². The van der Waals surface area contributed by atoms with Crippen LogP contribution in [0.25, 0.3) is 110 Å². The molecule has 4 heterocycles. The number of rotatable bonds is 3. The third kappa shape index (κ3) is 3.75. The molecular weight excluding hydrogens is 637 g/mol. The Balaban J connectivity index is 1.06. The molecule has 8 aromatic carbocycles. The average molecular weight is 665 g/mol. The normalized spacial score (nSPS) is 12.2. The van der Waals surface area contributed by atoms with Gasteiger partial charge in [-0.05, 0) is 83.9 Å². The Hall–Kier alpha value is -7.04. The highest BCUT2D eigenvalue weighted by atomic mass is 16.3. The first-order valence-electron chi connectivity index (χ1n) is 17.7. The summed E-state index contributed by atoms with van der Waals surface area (Å²) in [5, 5.41) is 9.19. The highest BCUT2D eigenvalue weighted by Gasteiger charge is 2.20. The first-order chi connectivity index (χ1) is 25.8. The first kappa shape index (κ1) is 27.7. The molecule has 0 unspecified atom stereocenters. The molecule has 0 radical (unpaired) electrons. The van der Waals surface area contributed by atoms with E-state index in [1.807, 2.05) is 12.1 Å². The maximum absolute atomic E-state index is 6.77. The molecule has 12 aromatic rings. The van der Waals surface area contributed by atoms with Gasteiger partial charge in [0.1, 0.15) is 16.7 Å². The molecule has 0 atom stereocenters. The lowest BCUT2D eigenvalue weighted by molar-refractivity contribution is 0.662. The van der Waals surface area contributed by atoms with Gasteiger partial charge in [0.25, 0.3) is 0 Å². The first-order valence-corrected chi connectivity index (χ1v) is 17.7. The van der Waals surface area contributed by atoms with E-state index in [0.29, 0.717) is 0 Å². The van der Waals surface area contributed by atoms with E-state index in [0.717, 1.165) is 66.3 Å². The lowest BCUT2D eigenvalue weighted by atomic mass is 10.0. The number of furan rings is 2. The van der Waals surface area contributed by atoms with Crippen LogP contribution in [0.2, 0.25) is 0 Å². The van der Waals surface area contributed by atoms with Gasteiger partial charge in [-0.15, -0.1) is 0 Å². The predicted octanol–water partition coefficient (Wildman–Crippen LogP) is 13.3. The van der Waals surface area contributed by atoms with Crippen molar-refractivity contribution < 1.29 is 8.83 Å². The van der Waals surface area contributed by atoms with E-state index in [2.05, 4.69) is 167 Å². The molecule has 4 heteroatoms. The van der Waals surface area contributed by atoms with Gasteiger partial charge in [-0.3, -0.25) is 0 Å². The zero-order valence-electron chi connectivity index (χ0n) is 27.9.